The third-order valence-corrected chi connectivity index (χ3v) is 4.67. The molecule has 1 aliphatic heterocycles. The molecular formula is C20H26N2O. The Balaban J connectivity index is 1.45. The minimum absolute atomic E-state index is 0.0415. The molecule has 0 radical (unpaired) electrons. The van der Waals surface area contributed by atoms with E-state index in [1.54, 1.807) is 0 Å². The normalized spacial score (nSPS) is 15.7. The summed E-state index contributed by atoms with van der Waals surface area (Å²) in [5.74, 6) is 0.0415. The van der Waals surface area contributed by atoms with Crippen molar-refractivity contribution in [2.45, 2.75) is 32.1 Å². The summed E-state index contributed by atoms with van der Waals surface area (Å²) in [6, 6.07) is 14.0. The van der Waals surface area contributed by atoms with Crippen molar-refractivity contribution in [3.63, 3.8) is 0 Å². The molecule has 1 fully saturated rings. The third kappa shape index (κ3) is 4.32. The summed E-state index contributed by atoms with van der Waals surface area (Å²) >= 11 is 0. The molecule has 2 aromatic carbocycles. The zero-order valence-electron chi connectivity index (χ0n) is 13.8. The SMILES string of the molecule is O=C(NCCCCN1CCCCC1)c1cccc2ccccc12. The third-order valence-electron chi connectivity index (χ3n) is 4.67. The number of unbranched alkanes of at least 4 members (excludes halogenated alkanes) is 1. The second kappa shape index (κ2) is 8.11. The second-order valence-corrected chi connectivity index (χ2v) is 6.39. The van der Waals surface area contributed by atoms with E-state index in [0.717, 1.165) is 35.7 Å². The number of carbonyl (C=O) groups is 1. The molecule has 3 nitrogen and oxygen atoms in total. The van der Waals surface area contributed by atoms with Crippen LogP contribution >= 0.6 is 0 Å². The van der Waals surface area contributed by atoms with Crippen molar-refractivity contribution >= 4 is 16.7 Å². The Bertz CT molecular complexity index is 642. The number of hydrogen-bond acceptors (Lipinski definition) is 2. The van der Waals surface area contributed by atoms with Crippen LogP contribution in [0.5, 0.6) is 0 Å². The topological polar surface area (TPSA) is 32.3 Å². The summed E-state index contributed by atoms with van der Waals surface area (Å²) in [5, 5.41) is 5.22. The van der Waals surface area contributed by atoms with E-state index in [9.17, 15) is 4.79 Å². The fourth-order valence-electron chi connectivity index (χ4n) is 3.36. The molecule has 1 saturated heterocycles. The Morgan fingerprint density at radius 1 is 0.957 bits per heavy atom. The van der Waals surface area contributed by atoms with Crippen LogP contribution in [0.4, 0.5) is 0 Å². The van der Waals surface area contributed by atoms with E-state index in [1.165, 1.54) is 38.9 Å². The lowest BCUT2D eigenvalue weighted by atomic mass is 10.0. The number of carbonyl (C=O) groups excluding carboxylic acids is 1. The Morgan fingerprint density at radius 2 is 1.74 bits per heavy atom. The lowest BCUT2D eigenvalue weighted by molar-refractivity contribution is 0.0954. The molecule has 3 rings (SSSR count). The highest BCUT2D eigenvalue weighted by Crippen LogP contribution is 2.18. The van der Waals surface area contributed by atoms with E-state index in [1.807, 2.05) is 42.5 Å². The van der Waals surface area contributed by atoms with Gasteiger partial charge >= 0.3 is 0 Å². The molecule has 1 N–H and O–H groups in total. The molecule has 0 atom stereocenters. The molecule has 3 heteroatoms. The van der Waals surface area contributed by atoms with Crippen molar-refractivity contribution < 1.29 is 4.79 Å². The largest absolute Gasteiger partial charge is 0.352 e. The summed E-state index contributed by atoms with van der Waals surface area (Å²) in [6.07, 6.45) is 6.29. The average molecular weight is 310 g/mol. The Morgan fingerprint density at radius 3 is 2.61 bits per heavy atom. The molecule has 0 spiro atoms. The lowest BCUT2D eigenvalue weighted by Gasteiger charge is -2.26. The second-order valence-electron chi connectivity index (χ2n) is 6.39. The molecule has 122 valence electrons. The highest BCUT2D eigenvalue weighted by molar-refractivity contribution is 6.06. The molecular weight excluding hydrogens is 284 g/mol. The van der Waals surface area contributed by atoms with Crippen LogP contribution in [-0.4, -0.2) is 37.0 Å². The van der Waals surface area contributed by atoms with Crippen molar-refractivity contribution in [2.24, 2.45) is 0 Å². The number of rotatable bonds is 6. The van der Waals surface area contributed by atoms with Gasteiger partial charge in [0.05, 0.1) is 0 Å². The Labute approximate surface area is 138 Å². The number of piperidine rings is 1. The molecule has 1 heterocycles. The van der Waals surface area contributed by atoms with Crippen molar-refractivity contribution in [2.75, 3.05) is 26.2 Å². The van der Waals surface area contributed by atoms with Crippen LogP contribution in [0.3, 0.4) is 0 Å². The number of fused-ring (bicyclic) bond motifs is 1. The van der Waals surface area contributed by atoms with Gasteiger partial charge in [0.2, 0.25) is 0 Å². The van der Waals surface area contributed by atoms with Crippen molar-refractivity contribution in [1.82, 2.24) is 10.2 Å². The van der Waals surface area contributed by atoms with Gasteiger partial charge in [0, 0.05) is 12.1 Å². The van der Waals surface area contributed by atoms with E-state index >= 15 is 0 Å². The number of benzene rings is 2. The fraction of sp³-hybridized carbons (Fsp3) is 0.450. The molecule has 2 aromatic rings. The maximum Gasteiger partial charge on any atom is 0.251 e. The van der Waals surface area contributed by atoms with Crippen LogP contribution in [0.25, 0.3) is 10.8 Å². The molecule has 0 aliphatic carbocycles. The monoisotopic (exact) mass is 310 g/mol. The summed E-state index contributed by atoms with van der Waals surface area (Å²) in [4.78, 5) is 15.0. The highest BCUT2D eigenvalue weighted by atomic mass is 16.1. The molecule has 0 bridgehead atoms. The first-order chi connectivity index (χ1) is 11.3. The number of amides is 1. The number of nitrogens with zero attached hydrogens (tertiary/aromatic N) is 1. The quantitative estimate of drug-likeness (QED) is 0.822. The zero-order chi connectivity index (χ0) is 15.9. The van der Waals surface area contributed by atoms with Crippen LogP contribution in [-0.2, 0) is 0 Å². The first-order valence-corrected chi connectivity index (χ1v) is 8.83. The summed E-state index contributed by atoms with van der Waals surface area (Å²) < 4.78 is 0. The van der Waals surface area contributed by atoms with E-state index < -0.39 is 0 Å². The summed E-state index contributed by atoms with van der Waals surface area (Å²) in [5.41, 5.74) is 0.777. The minimum Gasteiger partial charge on any atom is -0.352 e. The molecule has 0 saturated carbocycles. The van der Waals surface area contributed by atoms with Gasteiger partial charge in [-0.1, -0.05) is 42.8 Å². The maximum atomic E-state index is 12.4. The molecule has 0 unspecified atom stereocenters. The predicted molar refractivity (Wildman–Crippen MR) is 95.8 cm³/mol. The van der Waals surface area contributed by atoms with Gasteiger partial charge in [-0.2, -0.15) is 0 Å². The smallest absolute Gasteiger partial charge is 0.251 e. The van der Waals surface area contributed by atoms with Gasteiger partial charge in [0.1, 0.15) is 0 Å². The average Bonchev–Trinajstić information content (AvgIpc) is 2.61. The van der Waals surface area contributed by atoms with Gasteiger partial charge in [-0.25, -0.2) is 0 Å². The van der Waals surface area contributed by atoms with Gasteiger partial charge in [-0.15, -0.1) is 0 Å². The van der Waals surface area contributed by atoms with Crippen LogP contribution in [0.2, 0.25) is 0 Å². The minimum atomic E-state index is 0.0415. The first-order valence-electron chi connectivity index (χ1n) is 8.83. The molecule has 23 heavy (non-hydrogen) atoms. The Hall–Kier alpha value is -1.87. The van der Waals surface area contributed by atoms with Crippen molar-refractivity contribution in [3.8, 4) is 0 Å². The van der Waals surface area contributed by atoms with Gasteiger partial charge < -0.3 is 10.2 Å². The lowest BCUT2D eigenvalue weighted by Crippen LogP contribution is -2.31. The maximum absolute atomic E-state index is 12.4. The number of nitrogens with one attached hydrogen (secondary N) is 1. The van der Waals surface area contributed by atoms with Gasteiger partial charge in [0.15, 0.2) is 0 Å². The predicted octanol–water partition coefficient (Wildman–Crippen LogP) is 3.84. The van der Waals surface area contributed by atoms with E-state index in [2.05, 4.69) is 10.2 Å². The van der Waals surface area contributed by atoms with E-state index in [-0.39, 0.29) is 5.91 Å². The summed E-state index contributed by atoms with van der Waals surface area (Å²) in [6.45, 7) is 4.44. The first kappa shape index (κ1) is 16.0. The standard InChI is InChI=1S/C20H26N2O/c23-20(19-12-8-10-17-9-2-3-11-18(17)19)21-13-4-7-16-22-14-5-1-6-15-22/h2-3,8-12H,1,4-7,13-16H2,(H,21,23). The molecule has 1 amide bonds. The van der Waals surface area contributed by atoms with E-state index in [4.69, 9.17) is 0 Å². The zero-order valence-corrected chi connectivity index (χ0v) is 13.8. The van der Waals surface area contributed by atoms with Crippen LogP contribution in [0.1, 0.15) is 42.5 Å². The number of likely N-dealkylation sites (tertiary alicyclic amines) is 1. The Kier molecular flexibility index (Phi) is 5.65. The van der Waals surface area contributed by atoms with Crippen LogP contribution in [0, 0.1) is 0 Å². The highest BCUT2D eigenvalue weighted by Gasteiger charge is 2.10. The van der Waals surface area contributed by atoms with Gasteiger partial charge in [-0.3, -0.25) is 4.79 Å². The van der Waals surface area contributed by atoms with Crippen LogP contribution < -0.4 is 5.32 Å². The van der Waals surface area contributed by atoms with Gasteiger partial charge in [-0.05, 0) is 62.2 Å². The fourth-order valence-corrected chi connectivity index (χ4v) is 3.36. The van der Waals surface area contributed by atoms with E-state index in [0.29, 0.717) is 0 Å². The molecule has 0 aromatic heterocycles. The van der Waals surface area contributed by atoms with Crippen molar-refractivity contribution in [3.05, 3.63) is 48.0 Å². The van der Waals surface area contributed by atoms with Gasteiger partial charge in [0.25, 0.3) is 5.91 Å². The molecule has 1 aliphatic rings. The summed E-state index contributed by atoms with van der Waals surface area (Å²) in [7, 11) is 0. The number of hydrogen-bond donors (Lipinski definition) is 1. The van der Waals surface area contributed by atoms with Crippen molar-refractivity contribution in [1.29, 1.82) is 0 Å². The van der Waals surface area contributed by atoms with Crippen LogP contribution in [0.15, 0.2) is 42.5 Å².